The van der Waals surface area contributed by atoms with Crippen molar-refractivity contribution in [3.05, 3.63) is 35.2 Å². The van der Waals surface area contributed by atoms with Crippen LogP contribution in [0, 0.1) is 0 Å². The lowest BCUT2D eigenvalue weighted by Gasteiger charge is -2.12. The minimum absolute atomic E-state index is 0.0395. The minimum atomic E-state index is 0.0395. The molecule has 1 aliphatic heterocycles. The number of nitrogens with zero attached hydrogens (tertiary/aromatic N) is 2. The van der Waals surface area contributed by atoms with Crippen LogP contribution in [0.4, 0.5) is 5.13 Å². The Balaban J connectivity index is 1.57. The van der Waals surface area contributed by atoms with Gasteiger partial charge in [-0.05, 0) is 31.2 Å². The molecule has 0 bridgehead atoms. The summed E-state index contributed by atoms with van der Waals surface area (Å²) >= 11 is 1.74. The summed E-state index contributed by atoms with van der Waals surface area (Å²) in [5.41, 5.74) is 3.55. The van der Waals surface area contributed by atoms with Crippen molar-refractivity contribution in [3.63, 3.8) is 0 Å². The molecular weight excluding hydrogens is 306 g/mol. The van der Waals surface area contributed by atoms with E-state index in [-0.39, 0.29) is 5.91 Å². The van der Waals surface area contributed by atoms with Crippen molar-refractivity contribution in [1.82, 2.24) is 10.3 Å². The Morgan fingerprint density at radius 3 is 2.70 bits per heavy atom. The van der Waals surface area contributed by atoms with Crippen LogP contribution in [0.15, 0.2) is 29.6 Å². The normalized spacial score (nSPS) is 14.2. The number of thiazole rings is 1. The maximum absolute atomic E-state index is 10.8. The minimum Gasteiger partial charge on any atom is -0.356 e. The van der Waals surface area contributed by atoms with Gasteiger partial charge in [-0.25, -0.2) is 4.98 Å². The predicted octanol–water partition coefficient (Wildman–Crippen LogP) is 3.48. The summed E-state index contributed by atoms with van der Waals surface area (Å²) in [5, 5.41) is 6.13. The first kappa shape index (κ1) is 16.0. The lowest BCUT2D eigenvalue weighted by Crippen LogP contribution is -2.21. The molecule has 23 heavy (non-hydrogen) atoms. The first-order valence-electron chi connectivity index (χ1n) is 8.26. The van der Waals surface area contributed by atoms with Crippen LogP contribution in [0.3, 0.4) is 0 Å². The molecule has 1 aromatic heterocycles. The topological polar surface area (TPSA) is 45.2 Å². The van der Waals surface area contributed by atoms with Gasteiger partial charge in [0.25, 0.3) is 0 Å². The Morgan fingerprint density at radius 2 is 2.00 bits per heavy atom. The van der Waals surface area contributed by atoms with Crippen LogP contribution in [0.5, 0.6) is 0 Å². The molecule has 1 N–H and O–H groups in total. The number of hydrogen-bond donors (Lipinski definition) is 1. The van der Waals surface area contributed by atoms with Crippen LogP contribution >= 0.6 is 11.3 Å². The van der Waals surface area contributed by atoms with E-state index in [0.717, 1.165) is 43.3 Å². The summed E-state index contributed by atoms with van der Waals surface area (Å²) in [7, 11) is 0. The Morgan fingerprint density at radius 1 is 1.26 bits per heavy atom. The maximum atomic E-state index is 10.8. The predicted molar refractivity (Wildman–Crippen MR) is 96.0 cm³/mol. The number of anilines is 1. The van der Waals surface area contributed by atoms with E-state index in [2.05, 4.69) is 39.9 Å². The van der Waals surface area contributed by atoms with E-state index in [1.54, 1.807) is 18.3 Å². The summed E-state index contributed by atoms with van der Waals surface area (Å²) < 4.78 is 0. The zero-order valence-electron chi connectivity index (χ0n) is 13.5. The van der Waals surface area contributed by atoms with Crippen molar-refractivity contribution in [2.45, 2.75) is 32.6 Å². The maximum Gasteiger partial charge on any atom is 0.216 e. The molecule has 0 saturated carbocycles. The zero-order chi connectivity index (χ0) is 16.1. The van der Waals surface area contributed by atoms with Crippen molar-refractivity contribution in [2.75, 3.05) is 24.5 Å². The SMILES string of the molecule is CC(=O)NCCCc1ccc(-c2csc(N3CCCC3)n2)cc1. The summed E-state index contributed by atoms with van der Waals surface area (Å²) in [6, 6.07) is 8.63. The van der Waals surface area contributed by atoms with Gasteiger partial charge in [0, 0.05) is 37.5 Å². The Bertz CT molecular complexity index is 645. The number of rotatable bonds is 6. The molecular formula is C18H23N3OS. The monoisotopic (exact) mass is 329 g/mol. The van der Waals surface area contributed by atoms with Gasteiger partial charge in [-0.3, -0.25) is 4.79 Å². The third-order valence-electron chi connectivity index (χ3n) is 4.13. The third-order valence-corrected chi connectivity index (χ3v) is 5.04. The highest BCUT2D eigenvalue weighted by molar-refractivity contribution is 7.14. The largest absolute Gasteiger partial charge is 0.356 e. The molecule has 2 heterocycles. The molecule has 1 aromatic carbocycles. The van der Waals surface area contributed by atoms with Crippen LogP contribution in [0.1, 0.15) is 31.7 Å². The van der Waals surface area contributed by atoms with Crippen LogP contribution in [0.25, 0.3) is 11.3 Å². The fraction of sp³-hybridized carbons (Fsp3) is 0.444. The first-order valence-corrected chi connectivity index (χ1v) is 9.14. The summed E-state index contributed by atoms with van der Waals surface area (Å²) in [5.74, 6) is 0.0395. The molecule has 0 spiro atoms. The number of nitrogens with one attached hydrogen (secondary N) is 1. The molecule has 4 nitrogen and oxygen atoms in total. The molecule has 1 amide bonds. The van der Waals surface area contributed by atoms with Crippen molar-refractivity contribution >= 4 is 22.4 Å². The lowest BCUT2D eigenvalue weighted by molar-refractivity contribution is -0.118. The highest BCUT2D eigenvalue weighted by Gasteiger charge is 2.15. The van der Waals surface area contributed by atoms with Gasteiger partial charge >= 0.3 is 0 Å². The van der Waals surface area contributed by atoms with Gasteiger partial charge < -0.3 is 10.2 Å². The molecule has 1 saturated heterocycles. The van der Waals surface area contributed by atoms with Crippen LogP contribution in [-0.4, -0.2) is 30.5 Å². The molecule has 3 rings (SSSR count). The fourth-order valence-electron chi connectivity index (χ4n) is 2.85. The standard InChI is InChI=1S/C18H23N3OS/c1-14(22)19-10-4-5-15-6-8-16(9-7-15)17-13-23-18(20-17)21-11-2-3-12-21/h6-9,13H,2-5,10-12H2,1H3,(H,19,22). The van der Waals surface area contributed by atoms with E-state index in [1.807, 2.05) is 0 Å². The molecule has 2 aromatic rings. The Labute approximate surface area is 141 Å². The summed E-state index contributed by atoms with van der Waals surface area (Å²) in [4.78, 5) is 18.0. The molecule has 122 valence electrons. The molecule has 0 unspecified atom stereocenters. The van der Waals surface area contributed by atoms with Gasteiger partial charge in [0.05, 0.1) is 5.69 Å². The number of benzene rings is 1. The number of carbonyl (C=O) groups excluding carboxylic acids is 1. The van der Waals surface area contributed by atoms with E-state index in [0.29, 0.717) is 0 Å². The second-order valence-corrected chi connectivity index (χ2v) is 6.83. The molecule has 0 aliphatic carbocycles. The van der Waals surface area contributed by atoms with Gasteiger partial charge in [-0.1, -0.05) is 24.3 Å². The Hall–Kier alpha value is -1.88. The average molecular weight is 329 g/mol. The zero-order valence-corrected chi connectivity index (χ0v) is 14.4. The second-order valence-electron chi connectivity index (χ2n) is 5.99. The smallest absolute Gasteiger partial charge is 0.216 e. The molecule has 1 fully saturated rings. The van der Waals surface area contributed by atoms with E-state index < -0.39 is 0 Å². The van der Waals surface area contributed by atoms with Gasteiger partial charge in [0.15, 0.2) is 5.13 Å². The van der Waals surface area contributed by atoms with Crippen molar-refractivity contribution in [2.24, 2.45) is 0 Å². The lowest BCUT2D eigenvalue weighted by atomic mass is 10.1. The van der Waals surface area contributed by atoms with Gasteiger partial charge in [-0.15, -0.1) is 11.3 Å². The molecule has 0 atom stereocenters. The van der Waals surface area contributed by atoms with Gasteiger partial charge in [0.1, 0.15) is 0 Å². The summed E-state index contributed by atoms with van der Waals surface area (Å²) in [6.45, 7) is 4.57. The van der Waals surface area contributed by atoms with Crippen molar-refractivity contribution < 1.29 is 4.79 Å². The first-order chi connectivity index (χ1) is 11.2. The average Bonchev–Trinajstić information content (AvgIpc) is 3.22. The molecule has 0 radical (unpaired) electrons. The second kappa shape index (κ2) is 7.59. The highest BCUT2D eigenvalue weighted by Crippen LogP contribution is 2.29. The number of carbonyl (C=O) groups is 1. The number of aryl methyl sites for hydroxylation is 1. The summed E-state index contributed by atoms with van der Waals surface area (Å²) in [6.07, 6.45) is 4.51. The quantitative estimate of drug-likeness (QED) is 0.825. The van der Waals surface area contributed by atoms with Crippen LogP contribution in [0.2, 0.25) is 0 Å². The third kappa shape index (κ3) is 4.32. The number of aromatic nitrogens is 1. The highest BCUT2D eigenvalue weighted by atomic mass is 32.1. The number of amides is 1. The van der Waals surface area contributed by atoms with Crippen molar-refractivity contribution in [3.8, 4) is 11.3 Å². The molecule has 5 heteroatoms. The van der Waals surface area contributed by atoms with Crippen LogP contribution < -0.4 is 10.2 Å². The van der Waals surface area contributed by atoms with E-state index in [1.165, 1.54) is 24.0 Å². The number of hydrogen-bond acceptors (Lipinski definition) is 4. The van der Waals surface area contributed by atoms with Crippen molar-refractivity contribution in [1.29, 1.82) is 0 Å². The van der Waals surface area contributed by atoms with E-state index >= 15 is 0 Å². The van der Waals surface area contributed by atoms with Gasteiger partial charge in [-0.2, -0.15) is 0 Å². The van der Waals surface area contributed by atoms with E-state index in [4.69, 9.17) is 4.98 Å². The van der Waals surface area contributed by atoms with Crippen LogP contribution in [-0.2, 0) is 11.2 Å². The van der Waals surface area contributed by atoms with Gasteiger partial charge in [0.2, 0.25) is 5.91 Å². The molecule has 1 aliphatic rings. The fourth-order valence-corrected chi connectivity index (χ4v) is 3.74. The Kier molecular flexibility index (Phi) is 5.28. The van der Waals surface area contributed by atoms with E-state index in [9.17, 15) is 4.79 Å².